The van der Waals surface area contributed by atoms with Gasteiger partial charge in [0, 0.05) is 25.4 Å². The maximum absolute atomic E-state index is 12.9. The van der Waals surface area contributed by atoms with Gasteiger partial charge >= 0.3 is 6.09 Å². The summed E-state index contributed by atoms with van der Waals surface area (Å²) in [6.07, 6.45) is 3.15. The molecule has 1 aromatic carbocycles. The summed E-state index contributed by atoms with van der Waals surface area (Å²) < 4.78 is 28.6. The van der Waals surface area contributed by atoms with Crippen LogP contribution in [-0.2, 0) is 14.6 Å². The smallest absolute Gasteiger partial charge is 0.410 e. The Morgan fingerprint density at radius 2 is 1.97 bits per heavy atom. The number of rotatable bonds is 5. The molecule has 2 fully saturated rings. The Balaban J connectivity index is 1.68. The van der Waals surface area contributed by atoms with Crippen LogP contribution in [0.25, 0.3) is 0 Å². The van der Waals surface area contributed by atoms with Crippen LogP contribution in [-0.4, -0.2) is 68.3 Å². The van der Waals surface area contributed by atoms with Gasteiger partial charge in [0.05, 0.1) is 21.5 Å². The molecule has 2 saturated heterocycles. The molecule has 29 heavy (non-hydrogen) atoms. The Kier molecular flexibility index (Phi) is 6.43. The second-order valence-corrected chi connectivity index (χ2v) is 10.3. The van der Waals surface area contributed by atoms with Crippen molar-refractivity contribution in [2.24, 2.45) is 5.92 Å². The second-order valence-electron chi connectivity index (χ2n) is 7.87. The fourth-order valence-corrected chi connectivity index (χ4v) is 4.97. The molecule has 3 rings (SSSR count). The standard InChI is InChI=1S/C20H27ClN2O5S/c1-4-13(2)18-12-28-20(25)23(18)14-7-9-22(10-8-14)19(24)16-6-5-15(11-17(16)21)29(3,26)27/h5-6,11,13-14,18H,4,7-10,12H2,1-3H3/t13-,18-/m0/s1. The molecule has 0 spiro atoms. The van der Waals surface area contributed by atoms with E-state index in [0.717, 1.165) is 12.7 Å². The van der Waals surface area contributed by atoms with E-state index in [9.17, 15) is 18.0 Å². The summed E-state index contributed by atoms with van der Waals surface area (Å²) >= 11 is 6.19. The van der Waals surface area contributed by atoms with Gasteiger partial charge in [0.25, 0.3) is 5.91 Å². The molecule has 0 bridgehead atoms. The van der Waals surface area contributed by atoms with Gasteiger partial charge in [-0.05, 0) is 37.0 Å². The molecule has 2 aliphatic rings. The third-order valence-electron chi connectivity index (χ3n) is 5.99. The predicted molar refractivity (Wildman–Crippen MR) is 110 cm³/mol. The minimum Gasteiger partial charge on any atom is -0.447 e. The Hall–Kier alpha value is -1.80. The van der Waals surface area contributed by atoms with Crippen LogP contribution in [0.5, 0.6) is 0 Å². The lowest BCUT2D eigenvalue weighted by Gasteiger charge is -2.39. The van der Waals surface area contributed by atoms with Crippen molar-refractivity contribution in [1.82, 2.24) is 9.80 Å². The number of carbonyl (C=O) groups is 2. The van der Waals surface area contributed by atoms with Gasteiger partial charge in [-0.3, -0.25) is 9.69 Å². The van der Waals surface area contributed by atoms with Gasteiger partial charge in [-0.1, -0.05) is 31.9 Å². The minimum absolute atomic E-state index is 0.0520. The lowest BCUT2D eigenvalue weighted by atomic mass is 9.95. The molecule has 0 aliphatic carbocycles. The van der Waals surface area contributed by atoms with Gasteiger partial charge in [-0.2, -0.15) is 0 Å². The van der Waals surface area contributed by atoms with Crippen molar-refractivity contribution in [3.63, 3.8) is 0 Å². The topological polar surface area (TPSA) is 84.0 Å². The van der Waals surface area contributed by atoms with Gasteiger partial charge in [0.1, 0.15) is 6.61 Å². The molecule has 0 saturated carbocycles. The molecule has 0 unspecified atom stereocenters. The van der Waals surface area contributed by atoms with E-state index in [0.29, 0.717) is 38.5 Å². The number of benzene rings is 1. The van der Waals surface area contributed by atoms with E-state index in [4.69, 9.17) is 16.3 Å². The summed E-state index contributed by atoms with van der Waals surface area (Å²) in [5, 5.41) is 0.125. The average molecular weight is 443 g/mol. The highest BCUT2D eigenvalue weighted by Gasteiger charge is 2.41. The predicted octanol–water partition coefficient (Wildman–Crippen LogP) is 3.22. The third kappa shape index (κ3) is 4.53. The minimum atomic E-state index is -3.39. The van der Waals surface area contributed by atoms with E-state index < -0.39 is 9.84 Å². The van der Waals surface area contributed by atoms with Crippen molar-refractivity contribution in [1.29, 1.82) is 0 Å². The fraction of sp³-hybridized carbons (Fsp3) is 0.600. The number of likely N-dealkylation sites (tertiary alicyclic amines) is 1. The molecule has 2 heterocycles. The summed E-state index contributed by atoms with van der Waals surface area (Å²) in [6, 6.07) is 4.31. The Bertz CT molecular complexity index is 896. The van der Waals surface area contributed by atoms with Crippen molar-refractivity contribution in [3.8, 4) is 0 Å². The highest BCUT2D eigenvalue weighted by Crippen LogP contribution is 2.30. The number of hydrogen-bond donors (Lipinski definition) is 0. The van der Waals surface area contributed by atoms with Crippen molar-refractivity contribution >= 4 is 33.4 Å². The number of carbonyl (C=O) groups excluding carboxylic acids is 2. The number of ether oxygens (including phenoxy) is 1. The average Bonchev–Trinajstić information content (AvgIpc) is 3.07. The van der Waals surface area contributed by atoms with Crippen molar-refractivity contribution in [2.75, 3.05) is 26.0 Å². The van der Waals surface area contributed by atoms with Gasteiger partial charge in [0.15, 0.2) is 9.84 Å². The molecule has 2 atom stereocenters. The summed E-state index contributed by atoms with van der Waals surface area (Å²) in [5.41, 5.74) is 0.288. The zero-order chi connectivity index (χ0) is 21.3. The first-order valence-electron chi connectivity index (χ1n) is 9.87. The fourth-order valence-electron chi connectivity index (χ4n) is 3.99. The van der Waals surface area contributed by atoms with E-state index in [1.807, 2.05) is 4.90 Å². The molecular weight excluding hydrogens is 416 g/mol. The van der Waals surface area contributed by atoms with Crippen LogP contribution >= 0.6 is 11.6 Å². The lowest BCUT2D eigenvalue weighted by molar-refractivity contribution is 0.0615. The SMILES string of the molecule is CC[C@H](C)[C@@H]1COC(=O)N1C1CCN(C(=O)c2ccc(S(C)(=O)=O)cc2Cl)CC1. The number of sulfone groups is 1. The van der Waals surface area contributed by atoms with E-state index in [-0.39, 0.29) is 39.6 Å². The molecule has 2 aliphatic heterocycles. The first kappa shape index (κ1) is 21.9. The van der Waals surface area contributed by atoms with Crippen molar-refractivity contribution in [2.45, 2.75) is 50.1 Å². The Morgan fingerprint density at radius 3 is 2.52 bits per heavy atom. The van der Waals surface area contributed by atoms with Crippen LogP contribution in [0.4, 0.5) is 4.79 Å². The summed E-state index contributed by atoms with van der Waals surface area (Å²) in [6.45, 7) is 5.66. The van der Waals surface area contributed by atoms with Crippen molar-refractivity contribution in [3.05, 3.63) is 28.8 Å². The maximum atomic E-state index is 12.9. The highest BCUT2D eigenvalue weighted by atomic mass is 35.5. The van der Waals surface area contributed by atoms with Gasteiger partial charge in [-0.25, -0.2) is 13.2 Å². The largest absolute Gasteiger partial charge is 0.447 e. The summed E-state index contributed by atoms with van der Waals surface area (Å²) in [5.74, 6) is 0.129. The van der Waals surface area contributed by atoms with Crippen LogP contribution in [0.2, 0.25) is 5.02 Å². The van der Waals surface area contributed by atoms with Gasteiger partial charge in [-0.15, -0.1) is 0 Å². The molecular formula is C20H27ClN2O5S. The highest BCUT2D eigenvalue weighted by molar-refractivity contribution is 7.90. The third-order valence-corrected chi connectivity index (χ3v) is 7.41. The van der Waals surface area contributed by atoms with Crippen LogP contribution in [0, 0.1) is 5.92 Å². The Labute approximate surface area is 176 Å². The summed E-state index contributed by atoms with van der Waals surface area (Å²) in [4.78, 5) is 28.8. The van der Waals surface area contributed by atoms with Crippen LogP contribution in [0.15, 0.2) is 23.1 Å². The molecule has 9 heteroatoms. The number of hydrogen-bond acceptors (Lipinski definition) is 5. The van der Waals surface area contributed by atoms with Crippen LogP contribution in [0.1, 0.15) is 43.5 Å². The van der Waals surface area contributed by atoms with Crippen LogP contribution < -0.4 is 0 Å². The maximum Gasteiger partial charge on any atom is 0.410 e. The van der Waals surface area contributed by atoms with E-state index in [2.05, 4.69) is 13.8 Å². The lowest BCUT2D eigenvalue weighted by Crippen LogP contribution is -2.51. The van der Waals surface area contributed by atoms with Crippen LogP contribution in [0.3, 0.4) is 0 Å². The number of cyclic esters (lactones) is 1. The normalized spacial score (nSPS) is 21.9. The number of piperidine rings is 1. The zero-order valence-corrected chi connectivity index (χ0v) is 18.5. The molecule has 2 amide bonds. The van der Waals surface area contributed by atoms with Gasteiger partial charge < -0.3 is 9.64 Å². The summed E-state index contributed by atoms with van der Waals surface area (Å²) in [7, 11) is -3.39. The Morgan fingerprint density at radius 1 is 1.31 bits per heavy atom. The molecule has 7 nitrogen and oxygen atoms in total. The first-order valence-corrected chi connectivity index (χ1v) is 12.1. The number of halogens is 1. The van der Waals surface area contributed by atoms with E-state index in [1.54, 1.807) is 4.90 Å². The van der Waals surface area contributed by atoms with E-state index >= 15 is 0 Å². The molecule has 0 radical (unpaired) electrons. The molecule has 1 aromatic rings. The number of nitrogens with zero attached hydrogens (tertiary/aromatic N) is 2. The molecule has 160 valence electrons. The van der Waals surface area contributed by atoms with E-state index in [1.165, 1.54) is 18.2 Å². The monoisotopic (exact) mass is 442 g/mol. The first-order chi connectivity index (χ1) is 13.6. The quantitative estimate of drug-likeness (QED) is 0.699. The van der Waals surface area contributed by atoms with Gasteiger partial charge in [0.2, 0.25) is 0 Å². The molecule has 0 N–H and O–H groups in total. The number of amides is 2. The second kappa shape index (κ2) is 8.52. The zero-order valence-electron chi connectivity index (χ0n) is 16.9. The molecule has 0 aromatic heterocycles. The van der Waals surface area contributed by atoms with Crippen molar-refractivity contribution < 1.29 is 22.7 Å².